The minimum Gasteiger partial charge on any atom is -0.289 e. The second kappa shape index (κ2) is 6.81. The number of rotatable bonds is 4. The molecule has 0 atom stereocenters. The van der Waals surface area contributed by atoms with Gasteiger partial charge in [0.2, 0.25) is 5.95 Å². The Morgan fingerprint density at radius 3 is 2.72 bits per heavy atom. The maximum absolute atomic E-state index is 12.3. The molecule has 3 aromatic rings. The Hall–Kier alpha value is -3.07. The zero-order valence-electron chi connectivity index (χ0n) is 13.0. The van der Waals surface area contributed by atoms with Crippen LogP contribution in [-0.2, 0) is 0 Å². The van der Waals surface area contributed by atoms with Crippen LogP contribution in [0.1, 0.15) is 15.9 Å². The Balaban J connectivity index is 1.79. The third-order valence-corrected chi connectivity index (χ3v) is 4.19. The molecule has 0 radical (unpaired) electrons. The van der Waals surface area contributed by atoms with E-state index in [2.05, 4.69) is 36.4 Å². The van der Waals surface area contributed by atoms with E-state index in [1.807, 2.05) is 24.3 Å². The van der Waals surface area contributed by atoms with Crippen LogP contribution in [0.15, 0.2) is 46.9 Å². The number of nitrogens with one attached hydrogen (secondary N) is 2. The molecule has 0 saturated carbocycles. The normalized spacial score (nSPS) is 10.5. The van der Waals surface area contributed by atoms with Gasteiger partial charge in [-0.15, -0.1) is 5.10 Å². The van der Waals surface area contributed by atoms with Gasteiger partial charge in [-0.2, -0.15) is 4.98 Å². The van der Waals surface area contributed by atoms with E-state index in [1.165, 1.54) is 18.2 Å². The van der Waals surface area contributed by atoms with Gasteiger partial charge in [0.25, 0.3) is 11.6 Å². The number of nitro groups is 1. The largest absolute Gasteiger partial charge is 0.289 e. The Labute approximate surface area is 150 Å². The van der Waals surface area contributed by atoms with Gasteiger partial charge in [-0.05, 0) is 25.1 Å². The monoisotopic (exact) mass is 401 g/mol. The van der Waals surface area contributed by atoms with Gasteiger partial charge >= 0.3 is 0 Å². The van der Waals surface area contributed by atoms with Crippen molar-refractivity contribution in [3.05, 3.63) is 68.2 Å². The van der Waals surface area contributed by atoms with Crippen molar-refractivity contribution < 1.29 is 9.72 Å². The topological polar surface area (TPSA) is 114 Å². The Morgan fingerprint density at radius 1 is 1.28 bits per heavy atom. The Morgan fingerprint density at radius 2 is 2.04 bits per heavy atom. The number of benzene rings is 2. The van der Waals surface area contributed by atoms with Crippen molar-refractivity contribution in [2.24, 2.45) is 0 Å². The lowest BCUT2D eigenvalue weighted by molar-refractivity contribution is -0.385. The molecule has 0 bridgehead atoms. The van der Waals surface area contributed by atoms with Crippen LogP contribution in [0.5, 0.6) is 0 Å². The van der Waals surface area contributed by atoms with Crippen molar-refractivity contribution in [1.29, 1.82) is 0 Å². The predicted octanol–water partition coefficient (Wildman–Crippen LogP) is 3.70. The minimum atomic E-state index is -0.490. The molecule has 1 aromatic heterocycles. The van der Waals surface area contributed by atoms with E-state index in [0.717, 1.165) is 10.0 Å². The second-order valence-electron chi connectivity index (χ2n) is 5.20. The predicted molar refractivity (Wildman–Crippen MR) is 95.3 cm³/mol. The third-order valence-electron chi connectivity index (χ3n) is 3.50. The summed E-state index contributed by atoms with van der Waals surface area (Å²) in [6.45, 7) is 1.58. The van der Waals surface area contributed by atoms with Crippen LogP contribution in [0.3, 0.4) is 0 Å². The molecule has 0 saturated heterocycles. The number of H-pyrrole nitrogens is 1. The highest BCUT2D eigenvalue weighted by Gasteiger charge is 2.16. The average Bonchev–Trinajstić information content (AvgIpc) is 3.03. The Bertz CT molecular complexity index is 970. The number of nitro benzene ring substituents is 1. The van der Waals surface area contributed by atoms with Crippen LogP contribution < -0.4 is 5.32 Å². The van der Waals surface area contributed by atoms with E-state index < -0.39 is 10.8 Å². The highest BCUT2D eigenvalue weighted by Crippen LogP contribution is 2.25. The van der Waals surface area contributed by atoms with Crippen molar-refractivity contribution in [2.75, 3.05) is 5.32 Å². The second-order valence-corrected chi connectivity index (χ2v) is 6.05. The lowest BCUT2D eigenvalue weighted by Gasteiger charge is -2.03. The number of aryl methyl sites for hydroxylation is 1. The molecule has 2 aromatic carbocycles. The third kappa shape index (κ3) is 3.56. The summed E-state index contributed by atoms with van der Waals surface area (Å²) in [6.07, 6.45) is 0. The molecule has 2 N–H and O–H groups in total. The lowest BCUT2D eigenvalue weighted by atomic mass is 10.1. The van der Waals surface area contributed by atoms with Gasteiger partial charge < -0.3 is 0 Å². The van der Waals surface area contributed by atoms with Crippen LogP contribution >= 0.6 is 15.9 Å². The highest BCUT2D eigenvalue weighted by atomic mass is 79.9. The summed E-state index contributed by atoms with van der Waals surface area (Å²) in [6, 6.07) is 11.6. The quantitative estimate of drug-likeness (QED) is 0.510. The molecule has 0 unspecified atom stereocenters. The van der Waals surface area contributed by atoms with Gasteiger partial charge in [-0.25, -0.2) is 0 Å². The summed E-state index contributed by atoms with van der Waals surface area (Å²) in [5.74, 6) is 0.171. The van der Waals surface area contributed by atoms with Crippen LogP contribution in [-0.4, -0.2) is 26.0 Å². The first-order valence-electron chi connectivity index (χ1n) is 7.19. The number of carbonyl (C=O) groups is 1. The first kappa shape index (κ1) is 16.8. The Kier molecular flexibility index (Phi) is 4.57. The van der Waals surface area contributed by atoms with Gasteiger partial charge in [0.15, 0.2) is 5.82 Å². The summed E-state index contributed by atoms with van der Waals surface area (Å²) in [5.41, 5.74) is 1.46. The first-order chi connectivity index (χ1) is 12.0. The van der Waals surface area contributed by atoms with Crippen molar-refractivity contribution in [2.45, 2.75) is 6.92 Å². The number of halogens is 1. The fourth-order valence-electron chi connectivity index (χ4n) is 2.27. The summed E-state index contributed by atoms with van der Waals surface area (Å²) in [7, 11) is 0. The molecular formula is C16H12BrN5O3. The fourth-order valence-corrected chi connectivity index (χ4v) is 2.74. The summed E-state index contributed by atoms with van der Waals surface area (Å²) >= 11 is 3.43. The van der Waals surface area contributed by atoms with Crippen LogP contribution in [0.25, 0.3) is 11.4 Å². The molecular weight excluding hydrogens is 390 g/mol. The van der Waals surface area contributed by atoms with Gasteiger partial charge in [0.05, 0.1) is 4.92 Å². The van der Waals surface area contributed by atoms with Gasteiger partial charge in [-0.3, -0.25) is 25.3 Å². The number of nitrogens with zero attached hydrogens (tertiary/aromatic N) is 3. The number of hydrogen-bond donors (Lipinski definition) is 2. The van der Waals surface area contributed by atoms with Crippen molar-refractivity contribution in [1.82, 2.24) is 15.2 Å². The summed E-state index contributed by atoms with van der Waals surface area (Å²) in [5, 5.41) is 20.1. The van der Waals surface area contributed by atoms with Crippen LogP contribution in [0.4, 0.5) is 11.6 Å². The molecule has 8 nitrogen and oxygen atoms in total. The molecule has 0 aliphatic rings. The number of amides is 1. The van der Waals surface area contributed by atoms with Gasteiger partial charge in [-0.1, -0.05) is 34.1 Å². The molecule has 0 fully saturated rings. The van der Waals surface area contributed by atoms with E-state index in [4.69, 9.17) is 0 Å². The molecule has 3 rings (SSSR count). The summed E-state index contributed by atoms with van der Waals surface area (Å²) < 4.78 is 0.843. The number of aromatic nitrogens is 3. The fraction of sp³-hybridized carbons (Fsp3) is 0.0625. The van der Waals surface area contributed by atoms with Crippen LogP contribution in [0, 0.1) is 17.0 Å². The molecule has 0 spiro atoms. The maximum atomic E-state index is 12.3. The maximum Gasteiger partial charge on any atom is 0.272 e. The van der Waals surface area contributed by atoms with Gasteiger partial charge in [0, 0.05) is 27.2 Å². The molecule has 126 valence electrons. The van der Waals surface area contributed by atoms with Crippen molar-refractivity contribution in [3.8, 4) is 11.4 Å². The lowest BCUT2D eigenvalue weighted by Crippen LogP contribution is -2.13. The molecule has 0 aliphatic carbocycles. The zero-order chi connectivity index (χ0) is 18.0. The average molecular weight is 402 g/mol. The molecule has 1 heterocycles. The van der Waals surface area contributed by atoms with E-state index in [0.29, 0.717) is 11.4 Å². The first-order valence-corrected chi connectivity index (χ1v) is 7.98. The molecule has 1 amide bonds. The van der Waals surface area contributed by atoms with Crippen molar-refractivity contribution in [3.63, 3.8) is 0 Å². The van der Waals surface area contributed by atoms with E-state index >= 15 is 0 Å². The van der Waals surface area contributed by atoms with Gasteiger partial charge in [0.1, 0.15) is 0 Å². The molecule has 0 aliphatic heterocycles. The highest BCUT2D eigenvalue weighted by molar-refractivity contribution is 9.10. The SMILES string of the molecule is Cc1cc(C(=O)Nc2n[nH]c(-c3ccccc3Br)n2)ccc1[N+](=O)[O-]. The number of aromatic amines is 1. The van der Waals surface area contributed by atoms with Crippen molar-refractivity contribution >= 4 is 33.5 Å². The standard InChI is InChI=1S/C16H12BrN5O3/c1-9-8-10(6-7-13(9)22(24)25)15(23)19-16-18-14(20-21-16)11-4-2-3-5-12(11)17/h2-8H,1H3,(H2,18,19,20,21,23). The number of hydrogen-bond acceptors (Lipinski definition) is 5. The van der Waals surface area contributed by atoms with E-state index in [1.54, 1.807) is 6.92 Å². The minimum absolute atomic E-state index is 0.0364. The van der Waals surface area contributed by atoms with Crippen LogP contribution in [0.2, 0.25) is 0 Å². The molecule has 25 heavy (non-hydrogen) atoms. The van der Waals surface area contributed by atoms with E-state index in [9.17, 15) is 14.9 Å². The number of carbonyl (C=O) groups excluding carboxylic acids is 1. The smallest absolute Gasteiger partial charge is 0.272 e. The van der Waals surface area contributed by atoms with E-state index in [-0.39, 0.29) is 17.2 Å². The number of anilines is 1. The summed E-state index contributed by atoms with van der Waals surface area (Å²) in [4.78, 5) is 26.9. The molecule has 9 heteroatoms. The zero-order valence-corrected chi connectivity index (χ0v) is 14.6.